The number of benzene rings is 3. The molecule has 9 heteroatoms. The van der Waals surface area contributed by atoms with Gasteiger partial charge >= 0.3 is 0 Å². The van der Waals surface area contributed by atoms with E-state index < -0.39 is 11.8 Å². The number of nitrogens with zero attached hydrogens (tertiary/aromatic N) is 4. The maximum absolute atomic E-state index is 13.9. The molecule has 1 atom stereocenters. The summed E-state index contributed by atoms with van der Waals surface area (Å²) in [5.41, 5.74) is 2.76. The number of aromatic nitrogens is 2. The minimum atomic E-state index is -1.06. The summed E-state index contributed by atoms with van der Waals surface area (Å²) in [6.07, 6.45) is 3.18. The summed E-state index contributed by atoms with van der Waals surface area (Å²) in [7, 11) is 1.58. The van der Waals surface area contributed by atoms with E-state index in [0.29, 0.717) is 29.4 Å². The number of amides is 3. The van der Waals surface area contributed by atoms with E-state index in [4.69, 9.17) is 4.74 Å². The van der Waals surface area contributed by atoms with Gasteiger partial charge in [0.15, 0.2) is 0 Å². The van der Waals surface area contributed by atoms with Crippen molar-refractivity contribution in [3.8, 4) is 5.75 Å². The van der Waals surface area contributed by atoms with Gasteiger partial charge in [0.25, 0.3) is 0 Å². The third-order valence-electron chi connectivity index (χ3n) is 6.80. The number of para-hydroxylation sites is 2. The minimum absolute atomic E-state index is 0.115. The lowest BCUT2D eigenvalue weighted by Crippen LogP contribution is -2.45. The molecule has 1 aliphatic heterocycles. The zero-order chi connectivity index (χ0) is 27.4. The Morgan fingerprint density at radius 1 is 0.949 bits per heavy atom. The predicted molar refractivity (Wildman–Crippen MR) is 149 cm³/mol. The first-order chi connectivity index (χ1) is 19.0. The number of carbonyl (C=O) groups is 3. The van der Waals surface area contributed by atoms with Crippen molar-refractivity contribution in [1.82, 2.24) is 15.1 Å². The normalized spacial score (nSPS) is 15.5. The molecule has 3 amide bonds. The lowest BCUT2D eigenvalue weighted by Gasteiger charge is -2.26. The standard InChI is InChI=1S/C30H29N5O4/c1-3-34(22-13-15-23(39-2)16-14-22)28(36)20-33-17-18-35(21-9-5-4-6-10-21)30(38)25(29(33)37)19-27-24-11-7-8-12-26(24)31-32-27/h4-18,25H,3,19-20H2,1-2H3,(H,31,32). The molecule has 2 heterocycles. The number of carbonyl (C=O) groups excluding carboxylic acids is 3. The fraction of sp³-hybridized carbons (Fsp3) is 0.200. The molecule has 4 aromatic rings. The Morgan fingerprint density at radius 3 is 2.38 bits per heavy atom. The van der Waals surface area contributed by atoms with Crippen LogP contribution in [0.25, 0.3) is 10.9 Å². The fourth-order valence-corrected chi connectivity index (χ4v) is 4.75. The van der Waals surface area contributed by atoms with Crippen LogP contribution in [-0.4, -0.2) is 53.0 Å². The minimum Gasteiger partial charge on any atom is -0.497 e. The van der Waals surface area contributed by atoms with E-state index in [1.165, 1.54) is 16.0 Å². The van der Waals surface area contributed by atoms with E-state index in [1.54, 1.807) is 54.6 Å². The highest BCUT2D eigenvalue weighted by atomic mass is 16.5. The molecular formula is C30H29N5O4. The van der Waals surface area contributed by atoms with Crippen LogP contribution in [0.3, 0.4) is 0 Å². The third-order valence-corrected chi connectivity index (χ3v) is 6.80. The molecule has 5 rings (SSSR count). The second-order valence-corrected chi connectivity index (χ2v) is 9.12. The number of methoxy groups -OCH3 is 1. The highest BCUT2D eigenvalue weighted by molar-refractivity contribution is 6.11. The molecular weight excluding hydrogens is 494 g/mol. The van der Waals surface area contributed by atoms with E-state index in [2.05, 4.69) is 10.2 Å². The maximum atomic E-state index is 13.9. The number of ether oxygens (including phenoxy) is 1. The Bertz CT molecular complexity index is 1510. The highest BCUT2D eigenvalue weighted by Crippen LogP contribution is 2.27. The van der Waals surface area contributed by atoms with Gasteiger partial charge in [-0.05, 0) is 49.4 Å². The van der Waals surface area contributed by atoms with Gasteiger partial charge in [-0.3, -0.25) is 24.4 Å². The summed E-state index contributed by atoms with van der Waals surface area (Å²) < 4.78 is 5.22. The number of nitrogens with one attached hydrogen (secondary N) is 1. The van der Waals surface area contributed by atoms with Crippen LogP contribution in [0, 0.1) is 5.92 Å². The summed E-state index contributed by atoms with van der Waals surface area (Å²) in [5, 5.41) is 8.16. The number of rotatable bonds is 8. The van der Waals surface area contributed by atoms with E-state index in [1.807, 2.05) is 49.4 Å². The van der Waals surface area contributed by atoms with Gasteiger partial charge in [-0.25, -0.2) is 0 Å². The number of likely N-dealkylation sites (N-methyl/N-ethyl adjacent to an activating group) is 1. The van der Waals surface area contributed by atoms with Crippen molar-refractivity contribution < 1.29 is 19.1 Å². The first kappa shape index (κ1) is 25.7. The van der Waals surface area contributed by atoms with Crippen LogP contribution >= 0.6 is 0 Å². The van der Waals surface area contributed by atoms with Gasteiger partial charge in [-0.1, -0.05) is 36.4 Å². The van der Waals surface area contributed by atoms with Crippen molar-refractivity contribution >= 4 is 40.0 Å². The smallest absolute Gasteiger partial charge is 0.247 e. The average Bonchev–Trinajstić information content (AvgIpc) is 3.34. The van der Waals surface area contributed by atoms with E-state index in [-0.39, 0.29) is 24.8 Å². The average molecular weight is 524 g/mol. The number of aromatic amines is 1. The Hall–Kier alpha value is -4.92. The number of fused-ring (bicyclic) bond motifs is 1. The summed E-state index contributed by atoms with van der Waals surface area (Å²) in [6.45, 7) is 2.07. The van der Waals surface area contributed by atoms with Gasteiger partial charge in [0, 0.05) is 47.8 Å². The number of hydrogen-bond donors (Lipinski definition) is 1. The summed E-state index contributed by atoms with van der Waals surface area (Å²) >= 11 is 0. The van der Waals surface area contributed by atoms with Crippen LogP contribution in [0.5, 0.6) is 5.75 Å². The van der Waals surface area contributed by atoms with Crippen molar-refractivity contribution in [2.75, 3.05) is 30.0 Å². The number of H-pyrrole nitrogens is 1. The first-order valence-electron chi connectivity index (χ1n) is 12.7. The predicted octanol–water partition coefficient (Wildman–Crippen LogP) is 4.13. The molecule has 0 spiro atoms. The Kier molecular flexibility index (Phi) is 7.40. The Balaban J connectivity index is 1.46. The third kappa shape index (κ3) is 5.24. The van der Waals surface area contributed by atoms with Crippen LogP contribution in [-0.2, 0) is 20.8 Å². The van der Waals surface area contributed by atoms with Gasteiger partial charge in [0.1, 0.15) is 18.2 Å². The molecule has 1 unspecified atom stereocenters. The maximum Gasteiger partial charge on any atom is 0.247 e. The molecule has 3 aromatic carbocycles. The summed E-state index contributed by atoms with van der Waals surface area (Å²) in [5.74, 6) is -1.48. The topological polar surface area (TPSA) is 98.8 Å². The van der Waals surface area contributed by atoms with Crippen molar-refractivity contribution in [1.29, 1.82) is 0 Å². The molecule has 0 fully saturated rings. The monoisotopic (exact) mass is 523 g/mol. The molecule has 0 saturated carbocycles. The molecule has 0 bridgehead atoms. The lowest BCUT2D eigenvalue weighted by atomic mass is 9.98. The molecule has 1 N–H and O–H groups in total. The van der Waals surface area contributed by atoms with Crippen LogP contribution in [0.4, 0.5) is 11.4 Å². The molecule has 39 heavy (non-hydrogen) atoms. The Morgan fingerprint density at radius 2 is 1.67 bits per heavy atom. The van der Waals surface area contributed by atoms with Crippen LogP contribution in [0.1, 0.15) is 12.6 Å². The van der Waals surface area contributed by atoms with E-state index in [9.17, 15) is 14.4 Å². The molecule has 1 aliphatic rings. The SMILES string of the molecule is CCN(C(=O)CN1C=CN(c2ccccc2)C(=O)C(Cc2[nH]nc3ccccc23)C1=O)c1ccc(OC)cc1. The Labute approximate surface area is 226 Å². The summed E-state index contributed by atoms with van der Waals surface area (Å²) in [4.78, 5) is 45.5. The largest absolute Gasteiger partial charge is 0.497 e. The molecule has 9 nitrogen and oxygen atoms in total. The van der Waals surface area contributed by atoms with Gasteiger partial charge in [-0.2, -0.15) is 5.10 Å². The second kappa shape index (κ2) is 11.2. The first-order valence-corrected chi connectivity index (χ1v) is 12.7. The number of hydrogen-bond acceptors (Lipinski definition) is 5. The second-order valence-electron chi connectivity index (χ2n) is 9.12. The summed E-state index contributed by atoms with van der Waals surface area (Å²) in [6, 6.07) is 23.8. The van der Waals surface area contributed by atoms with Crippen molar-refractivity contribution in [3.05, 3.63) is 97.0 Å². The van der Waals surface area contributed by atoms with Gasteiger partial charge in [0.05, 0.1) is 12.6 Å². The van der Waals surface area contributed by atoms with Crippen molar-refractivity contribution in [3.63, 3.8) is 0 Å². The quantitative estimate of drug-likeness (QED) is 0.350. The number of anilines is 2. The lowest BCUT2D eigenvalue weighted by molar-refractivity contribution is -0.140. The van der Waals surface area contributed by atoms with Crippen molar-refractivity contribution in [2.24, 2.45) is 5.92 Å². The van der Waals surface area contributed by atoms with Gasteiger partial charge in [0.2, 0.25) is 17.7 Å². The van der Waals surface area contributed by atoms with Crippen LogP contribution in [0.2, 0.25) is 0 Å². The van der Waals surface area contributed by atoms with Crippen molar-refractivity contribution in [2.45, 2.75) is 13.3 Å². The van der Waals surface area contributed by atoms with Crippen LogP contribution in [0.15, 0.2) is 91.3 Å². The van der Waals surface area contributed by atoms with Crippen LogP contribution < -0.4 is 14.5 Å². The van der Waals surface area contributed by atoms with E-state index >= 15 is 0 Å². The fourth-order valence-electron chi connectivity index (χ4n) is 4.75. The molecule has 0 aliphatic carbocycles. The molecule has 1 aromatic heterocycles. The zero-order valence-corrected chi connectivity index (χ0v) is 21.8. The molecule has 198 valence electrons. The highest BCUT2D eigenvalue weighted by Gasteiger charge is 2.37. The molecule has 0 saturated heterocycles. The molecule has 0 radical (unpaired) electrons. The van der Waals surface area contributed by atoms with Gasteiger partial charge < -0.3 is 14.5 Å². The van der Waals surface area contributed by atoms with E-state index in [0.717, 1.165) is 10.9 Å². The zero-order valence-electron chi connectivity index (χ0n) is 21.8. The van der Waals surface area contributed by atoms with Gasteiger partial charge in [-0.15, -0.1) is 0 Å².